The largest absolute Gasteiger partial charge is 0.0622 e. The summed E-state index contributed by atoms with van der Waals surface area (Å²) < 4.78 is 0. The van der Waals surface area contributed by atoms with E-state index in [0.717, 1.165) is 12.8 Å². The highest BCUT2D eigenvalue weighted by atomic mass is 14.2. The van der Waals surface area contributed by atoms with E-state index in [2.05, 4.69) is 112 Å². The molecule has 0 amide bonds. The molecule has 0 heterocycles. The summed E-state index contributed by atoms with van der Waals surface area (Å²) in [5, 5.41) is 0. The average molecular weight is 341 g/mol. The number of hydrogen-bond donors (Lipinski definition) is 0. The lowest BCUT2D eigenvalue weighted by molar-refractivity contribution is 0.384. The Bertz CT molecular complexity index is 793. The predicted octanol–water partition coefficient (Wildman–Crippen LogP) is 7.47. The molecule has 0 aromatic heterocycles. The van der Waals surface area contributed by atoms with Crippen LogP contribution in [0, 0.1) is 5.41 Å². The van der Waals surface area contributed by atoms with Gasteiger partial charge in [0.05, 0.1) is 0 Å². The maximum absolute atomic E-state index is 2.32. The molecule has 0 saturated carbocycles. The smallest absolute Gasteiger partial charge is 0.00734 e. The minimum absolute atomic E-state index is 0.304. The van der Waals surface area contributed by atoms with Gasteiger partial charge in [-0.15, -0.1) is 0 Å². The lowest BCUT2D eigenvalue weighted by atomic mass is 9.82. The van der Waals surface area contributed by atoms with Crippen LogP contribution in [-0.4, -0.2) is 0 Å². The van der Waals surface area contributed by atoms with Gasteiger partial charge in [-0.05, 0) is 46.1 Å². The third-order valence-electron chi connectivity index (χ3n) is 4.67. The Morgan fingerprint density at radius 1 is 0.577 bits per heavy atom. The summed E-state index contributed by atoms with van der Waals surface area (Å²) in [7, 11) is 0. The first kappa shape index (κ1) is 18.2. The normalized spacial score (nSPS) is 11.2. The number of hydrogen-bond acceptors (Lipinski definition) is 0. The fourth-order valence-electron chi connectivity index (χ4n) is 3.28. The standard InChI is InChI=1S/C26H28/c1-26(2,3)20-19-24(21-13-7-4-8-14-21)25(22-15-9-5-10-16-22)23-17-11-6-12-18-23/h4-18H,19-20H2,1-3H3. The van der Waals surface area contributed by atoms with Crippen molar-refractivity contribution in [2.45, 2.75) is 33.6 Å². The molecule has 0 bridgehead atoms. The van der Waals surface area contributed by atoms with E-state index in [1.54, 1.807) is 0 Å². The average Bonchev–Trinajstić information content (AvgIpc) is 2.66. The fourth-order valence-corrected chi connectivity index (χ4v) is 3.28. The molecule has 0 spiro atoms. The number of allylic oxidation sites excluding steroid dienone is 1. The highest BCUT2D eigenvalue weighted by molar-refractivity contribution is 5.98. The Balaban J connectivity index is 2.22. The van der Waals surface area contributed by atoms with E-state index in [1.807, 2.05) is 0 Å². The van der Waals surface area contributed by atoms with Crippen molar-refractivity contribution in [3.63, 3.8) is 0 Å². The van der Waals surface area contributed by atoms with Crippen molar-refractivity contribution < 1.29 is 0 Å². The van der Waals surface area contributed by atoms with Gasteiger partial charge in [0.1, 0.15) is 0 Å². The molecule has 3 aromatic carbocycles. The van der Waals surface area contributed by atoms with Crippen LogP contribution < -0.4 is 0 Å². The van der Waals surface area contributed by atoms with Gasteiger partial charge in [-0.2, -0.15) is 0 Å². The lowest BCUT2D eigenvalue weighted by Gasteiger charge is -2.22. The molecule has 0 aliphatic carbocycles. The molecule has 0 radical (unpaired) electrons. The molecular weight excluding hydrogens is 312 g/mol. The zero-order valence-corrected chi connectivity index (χ0v) is 16.1. The Hall–Kier alpha value is -2.60. The van der Waals surface area contributed by atoms with E-state index >= 15 is 0 Å². The topological polar surface area (TPSA) is 0 Å². The van der Waals surface area contributed by atoms with Crippen LogP contribution in [-0.2, 0) is 0 Å². The predicted molar refractivity (Wildman–Crippen MR) is 114 cm³/mol. The number of rotatable bonds is 5. The molecule has 0 N–H and O–H groups in total. The van der Waals surface area contributed by atoms with Crippen molar-refractivity contribution in [2.75, 3.05) is 0 Å². The first-order chi connectivity index (χ1) is 12.5. The van der Waals surface area contributed by atoms with E-state index in [0.29, 0.717) is 5.41 Å². The Morgan fingerprint density at radius 2 is 0.962 bits per heavy atom. The summed E-state index contributed by atoms with van der Waals surface area (Å²) in [6.45, 7) is 6.96. The summed E-state index contributed by atoms with van der Waals surface area (Å²) in [4.78, 5) is 0. The molecule has 0 heteroatoms. The van der Waals surface area contributed by atoms with Gasteiger partial charge in [0.2, 0.25) is 0 Å². The molecule has 3 aromatic rings. The van der Waals surface area contributed by atoms with Crippen LogP contribution in [0.4, 0.5) is 0 Å². The van der Waals surface area contributed by atoms with Crippen LogP contribution in [0.15, 0.2) is 91.0 Å². The third kappa shape index (κ3) is 4.73. The maximum Gasteiger partial charge on any atom is -0.00734 e. The monoisotopic (exact) mass is 340 g/mol. The van der Waals surface area contributed by atoms with Crippen LogP contribution in [0.1, 0.15) is 50.3 Å². The van der Waals surface area contributed by atoms with E-state index in [4.69, 9.17) is 0 Å². The summed E-state index contributed by atoms with van der Waals surface area (Å²) in [5.74, 6) is 0. The second-order valence-electron chi connectivity index (χ2n) is 8.01. The van der Waals surface area contributed by atoms with Crippen molar-refractivity contribution in [1.82, 2.24) is 0 Å². The van der Waals surface area contributed by atoms with Crippen molar-refractivity contribution in [1.29, 1.82) is 0 Å². The van der Waals surface area contributed by atoms with E-state index in [9.17, 15) is 0 Å². The molecule has 0 unspecified atom stereocenters. The van der Waals surface area contributed by atoms with Crippen molar-refractivity contribution in [2.24, 2.45) is 5.41 Å². The first-order valence-electron chi connectivity index (χ1n) is 9.44. The Kier molecular flexibility index (Phi) is 5.73. The zero-order chi connectivity index (χ0) is 18.4. The summed E-state index contributed by atoms with van der Waals surface area (Å²) >= 11 is 0. The molecule has 0 nitrogen and oxygen atoms in total. The third-order valence-corrected chi connectivity index (χ3v) is 4.67. The van der Waals surface area contributed by atoms with Crippen LogP contribution >= 0.6 is 0 Å². The van der Waals surface area contributed by atoms with Crippen molar-refractivity contribution in [3.05, 3.63) is 108 Å². The molecule has 0 saturated heterocycles. The van der Waals surface area contributed by atoms with Crippen LogP contribution in [0.5, 0.6) is 0 Å². The molecule has 132 valence electrons. The van der Waals surface area contributed by atoms with Gasteiger partial charge in [-0.3, -0.25) is 0 Å². The molecule has 0 aliphatic rings. The Labute approximate surface area is 158 Å². The second-order valence-corrected chi connectivity index (χ2v) is 8.01. The maximum atomic E-state index is 2.32. The molecule has 0 aliphatic heterocycles. The minimum atomic E-state index is 0.304. The van der Waals surface area contributed by atoms with E-state index in [-0.39, 0.29) is 0 Å². The molecule has 0 fully saturated rings. The SMILES string of the molecule is CC(C)(C)CCC(=C(c1ccccc1)c1ccccc1)c1ccccc1. The number of benzene rings is 3. The van der Waals surface area contributed by atoms with Crippen molar-refractivity contribution in [3.8, 4) is 0 Å². The molecule has 0 atom stereocenters. The molecular formula is C26H28. The van der Waals surface area contributed by atoms with E-state index < -0.39 is 0 Å². The Morgan fingerprint density at radius 3 is 1.35 bits per heavy atom. The summed E-state index contributed by atoms with van der Waals surface area (Å²) in [5.41, 5.74) is 6.97. The van der Waals surface area contributed by atoms with Crippen LogP contribution in [0.3, 0.4) is 0 Å². The van der Waals surface area contributed by atoms with Gasteiger partial charge in [-0.25, -0.2) is 0 Å². The summed E-state index contributed by atoms with van der Waals surface area (Å²) in [6.07, 6.45) is 2.22. The second kappa shape index (κ2) is 8.19. The van der Waals surface area contributed by atoms with Gasteiger partial charge >= 0.3 is 0 Å². The van der Waals surface area contributed by atoms with Gasteiger partial charge < -0.3 is 0 Å². The highest BCUT2D eigenvalue weighted by Crippen LogP contribution is 2.37. The van der Waals surface area contributed by atoms with Crippen LogP contribution in [0.2, 0.25) is 0 Å². The fraction of sp³-hybridized carbons (Fsp3) is 0.231. The quantitative estimate of drug-likeness (QED) is 0.422. The first-order valence-corrected chi connectivity index (χ1v) is 9.44. The lowest BCUT2D eigenvalue weighted by Crippen LogP contribution is -2.06. The van der Waals surface area contributed by atoms with Gasteiger partial charge in [-0.1, -0.05) is 112 Å². The van der Waals surface area contributed by atoms with E-state index in [1.165, 1.54) is 27.8 Å². The minimum Gasteiger partial charge on any atom is -0.0622 e. The van der Waals surface area contributed by atoms with Gasteiger partial charge in [0.15, 0.2) is 0 Å². The molecule has 3 rings (SSSR count). The summed E-state index contributed by atoms with van der Waals surface area (Å²) in [6, 6.07) is 32.4. The highest BCUT2D eigenvalue weighted by Gasteiger charge is 2.17. The van der Waals surface area contributed by atoms with Crippen LogP contribution in [0.25, 0.3) is 11.1 Å². The van der Waals surface area contributed by atoms with Crippen molar-refractivity contribution >= 4 is 11.1 Å². The molecule has 26 heavy (non-hydrogen) atoms. The van der Waals surface area contributed by atoms with Gasteiger partial charge in [0, 0.05) is 0 Å². The van der Waals surface area contributed by atoms with Gasteiger partial charge in [0.25, 0.3) is 0 Å². The zero-order valence-electron chi connectivity index (χ0n) is 16.1.